The SMILES string of the molecule is CC(C)(C)c1ccc2c(c1)C1(c3ccccc3N(c3ccc(-c4cccc(-c5ccccc5)c4)cc3)c3ccccc31)c1ccccc1N2c1cccc(-c2ccccc2)c1. The first kappa shape index (κ1) is 36.6. The number of nitrogens with zero attached hydrogens (tertiary/aromatic N) is 2. The van der Waals surface area contributed by atoms with E-state index in [1.807, 2.05) is 0 Å². The van der Waals surface area contributed by atoms with Gasteiger partial charge in [0, 0.05) is 11.4 Å². The van der Waals surface area contributed by atoms with Gasteiger partial charge in [-0.3, -0.25) is 0 Å². The van der Waals surface area contributed by atoms with Gasteiger partial charge in [0.1, 0.15) is 0 Å². The van der Waals surface area contributed by atoms with Crippen LogP contribution in [0.15, 0.2) is 224 Å². The van der Waals surface area contributed by atoms with E-state index in [-0.39, 0.29) is 5.41 Å². The van der Waals surface area contributed by atoms with E-state index in [1.165, 1.54) is 83.9 Å². The Morgan fingerprint density at radius 3 is 1.23 bits per heavy atom. The number of benzene rings is 9. The smallest absolute Gasteiger partial charge is 0.0783 e. The summed E-state index contributed by atoms with van der Waals surface area (Å²) in [6, 6.07) is 82.9. The Bertz CT molecular complexity index is 3020. The molecular weight excluding hydrogens is 737 g/mol. The molecule has 0 aromatic heterocycles. The molecule has 292 valence electrons. The third-order valence-electron chi connectivity index (χ3n) is 12.8. The van der Waals surface area contributed by atoms with E-state index >= 15 is 0 Å². The summed E-state index contributed by atoms with van der Waals surface area (Å²) in [4.78, 5) is 4.98. The molecule has 0 bridgehead atoms. The van der Waals surface area contributed by atoms with Crippen LogP contribution >= 0.6 is 0 Å². The summed E-state index contributed by atoms with van der Waals surface area (Å²) in [6.07, 6.45) is 0. The molecule has 61 heavy (non-hydrogen) atoms. The highest BCUT2D eigenvalue weighted by Gasteiger charge is 2.52. The minimum absolute atomic E-state index is 0.0622. The van der Waals surface area contributed by atoms with Crippen LogP contribution in [-0.4, -0.2) is 0 Å². The quantitative estimate of drug-likeness (QED) is 0.172. The lowest BCUT2D eigenvalue weighted by atomic mass is 9.59. The molecule has 9 aromatic carbocycles. The van der Waals surface area contributed by atoms with Gasteiger partial charge in [0.15, 0.2) is 0 Å². The summed E-state index contributed by atoms with van der Waals surface area (Å²) in [5, 5.41) is 0. The van der Waals surface area contributed by atoms with Gasteiger partial charge in [0.2, 0.25) is 0 Å². The van der Waals surface area contributed by atoms with Crippen molar-refractivity contribution >= 4 is 34.1 Å². The minimum Gasteiger partial charge on any atom is -0.310 e. The number of hydrogen-bond acceptors (Lipinski definition) is 2. The second kappa shape index (κ2) is 14.4. The van der Waals surface area contributed by atoms with E-state index in [0.29, 0.717) is 0 Å². The average Bonchev–Trinajstić information content (AvgIpc) is 3.32. The molecule has 9 aromatic rings. The van der Waals surface area contributed by atoms with Crippen LogP contribution < -0.4 is 9.80 Å². The predicted molar refractivity (Wildman–Crippen MR) is 256 cm³/mol. The molecule has 2 aliphatic heterocycles. The first-order valence-corrected chi connectivity index (χ1v) is 21.3. The maximum atomic E-state index is 2.51. The van der Waals surface area contributed by atoms with Gasteiger partial charge in [-0.1, -0.05) is 191 Å². The Kier molecular flexibility index (Phi) is 8.65. The van der Waals surface area contributed by atoms with Crippen molar-refractivity contribution in [2.45, 2.75) is 31.6 Å². The fourth-order valence-corrected chi connectivity index (χ4v) is 9.91. The molecule has 0 N–H and O–H groups in total. The van der Waals surface area contributed by atoms with E-state index in [1.54, 1.807) is 0 Å². The molecule has 0 amide bonds. The van der Waals surface area contributed by atoms with Crippen LogP contribution in [0.3, 0.4) is 0 Å². The second-order valence-corrected chi connectivity index (χ2v) is 17.4. The summed E-state index contributed by atoms with van der Waals surface area (Å²) in [7, 11) is 0. The highest BCUT2D eigenvalue weighted by molar-refractivity contribution is 5.97. The lowest BCUT2D eigenvalue weighted by Crippen LogP contribution is -2.42. The van der Waals surface area contributed by atoms with Crippen molar-refractivity contribution in [1.82, 2.24) is 0 Å². The molecule has 0 atom stereocenters. The predicted octanol–water partition coefficient (Wildman–Crippen LogP) is 15.9. The lowest BCUT2D eigenvalue weighted by molar-refractivity contribution is 0.586. The number of hydrogen-bond donors (Lipinski definition) is 0. The summed E-state index contributed by atoms with van der Waals surface area (Å²) in [5.41, 5.74) is 20.0. The number of anilines is 6. The molecule has 0 fully saturated rings. The molecule has 0 saturated heterocycles. The summed E-state index contributed by atoms with van der Waals surface area (Å²) >= 11 is 0. The largest absolute Gasteiger partial charge is 0.310 e. The van der Waals surface area contributed by atoms with Crippen LogP contribution in [0.5, 0.6) is 0 Å². The summed E-state index contributed by atoms with van der Waals surface area (Å²) in [6.45, 7) is 6.97. The zero-order valence-corrected chi connectivity index (χ0v) is 34.8. The molecule has 2 heterocycles. The van der Waals surface area contributed by atoms with Crippen LogP contribution in [0.4, 0.5) is 34.1 Å². The number of para-hydroxylation sites is 3. The van der Waals surface area contributed by atoms with Gasteiger partial charge in [-0.15, -0.1) is 0 Å². The maximum Gasteiger partial charge on any atom is 0.0783 e. The van der Waals surface area contributed by atoms with Crippen LogP contribution in [0, 0.1) is 0 Å². The Morgan fingerprint density at radius 2 is 0.705 bits per heavy atom. The van der Waals surface area contributed by atoms with Gasteiger partial charge >= 0.3 is 0 Å². The molecule has 0 aliphatic carbocycles. The van der Waals surface area contributed by atoms with E-state index in [0.717, 1.165) is 11.4 Å². The molecule has 0 saturated carbocycles. The van der Waals surface area contributed by atoms with Gasteiger partial charge in [-0.05, 0) is 121 Å². The van der Waals surface area contributed by atoms with Gasteiger partial charge < -0.3 is 9.80 Å². The van der Waals surface area contributed by atoms with Crippen molar-refractivity contribution in [1.29, 1.82) is 0 Å². The standard InChI is InChI=1S/C59H46N2/c1-58(2,3)47-34-37-57-53(40-47)59(52-28-12-15-31-56(52)61(57)49-25-17-24-46(39-49)42-20-8-5-9-21-42)50-26-10-13-29-54(50)60(55-30-14-11-27-51(55)59)48-35-32-43(33-36-48)45-23-16-22-44(38-45)41-18-6-4-7-19-41/h4-40H,1-3H3. The van der Waals surface area contributed by atoms with E-state index in [4.69, 9.17) is 0 Å². The maximum absolute atomic E-state index is 2.51. The fourth-order valence-electron chi connectivity index (χ4n) is 9.91. The highest BCUT2D eigenvalue weighted by atomic mass is 15.2. The number of rotatable bonds is 5. The van der Waals surface area contributed by atoms with Crippen molar-refractivity contribution in [3.05, 3.63) is 252 Å². The number of fused-ring (bicyclic) bond motifs is 8. The van der Waals surface area contributed by atoms with Crippen LogP contribution in [0.25, 0.3) is 33.4 Å². The Balaban J connectivity index is 1.12. The third-order valence-corrected chi connectivity index (χ3v) is 12.8. The normalized spacial score (nSPS) is 13.6. The van der Waals surface area contributed by atoms with Gasteiger partial charge in [0.05, 0.1) is 28.2 Å². The van der Waals surface area contributed by atoms with Gasteiger partial charge in [-0.25, -0.2) is 0 Å². The van der Waals surface area contributed by atoms with Crippen molar-refractivity contribution in [3.63, 3.8) is 0 Å². The topological polar surface area (TPSA) is 6.48 Å². The average molecular weight is 783 g/mol. The van der Waals surface area contributed by atoms with Crippen molar-refractivity contribution in [2.24, 2.45) is 0 Å². The Labute approximate surface area is 359 Å². The minimum atomic E-state index is -0.609. The molecule has 2 heteroatoms. The fraction of sp³-hybridized carbons (Fsp3) is 0.0847. The summed E-state index contributed by atoms with van der Waals surface area (Å²) in [5.74, 6) is 0. The van der Waals surface area contributed by atoms with Crippen LogP contribution in [0.1, 0.15) is 48.6 Å². The molecular formula is C59H46N2. The van der Waals surface area contributed by atoms with E-state index in [9.17, 15) is 0 Å². The Hall–Kier alpha value is -7.42. The zero-order valence-electron chi connectivity index (χ0n) is 34.8. The first-order chi connectivity index (χ1) is 29.9. The lowest BCUT2D eigenvalue weighted by Gasteiger charge is -2.51. The monoisotopic (exact) mass is 782 g/mol. The molecule has 2 aliphatic rings. The molecule has 2 nitrogen and oxygen atoms in total. The van der Waals surface area contributed by atoms with Gasteiger partial charge in [0.25, 0.3) is 0 Å². The van der Waals surface area contributed by atoms with Crippen molar-refractivity contribution in [3.8, 4) is 33.4 Å². The first-order valence-electron chi connectivity index (χ1n) is 21.3. The molecule has 1 spiro atoms. The van der Waals surface area contributed by atoms with Crippen molar-refractivity contribution < 1.29 is 0 Å². The van der Waals surface area contributed by atoms with Gasteiger partial charge in [-0.2, -0.15) is 0 Å². The molecule has 11 rings (SSSR count). The van der Waals surface area contributed by atoms with E-state index in [2.05, 4.69) is 255 Å². The van der Waals surface area contributed by atoms with Crippen molar-refractivity contribution in [2.75, 3.05) is 9.80 Å². The second-order valence-electron chi connectivity index (χ2n) is 17.4. The third kappa shape index (κ3) is 5.93. The molecule has 0 radical (unpaired) electrons. The van der Waals surface area contributed by atoms with Crippen LogP contribution in [-0.2, 0) is 10.8 Å². The molecule has 0 unspecified atom stereocenters. The zero-order chi connectivity index (χ0) is 41.1. The Morgan fingerprint density at radius 1 is 0.295 bits per heavy atom. The van der Waals surface area contributed by atoms with E-state index < -0.39 is 5.41 Å². The highest BCUT2D eigenvalue weighted by Crippen LogP contribution is 2.64. The summed E-state index contributed by atoms with van der Waals surface area (Å²) < 4.78 is 0. The van der Waals surface area contributed by atoms with Crippen LogP contribution in [0.2, 0.25) is 0 Å².